The Morgan fingerprint density at radius 3 is 2.53 bits per heavy atom. The number of halogens is 3. The van der Waals surface area contributed by atoms with Crippen LogP contribution in [0.2, 0.25) is 0 Å². The first-order chi connectivity index (χ1) is 8.97. The maximum atomic E-state index is 13.8. The van der Waals surface area contributed by atoms with Gasteiger partial charge in [-0.15, -0.1) is 0 Å². The van der Waals surface area contributed by atoms with E-state index in [9.17, 15) is 4.39 Å². The SMILES string of the molecule is Cc1ccc(NC(C)c2cc(Br)ccc2F)c(Br)c1. The molecule has 0 aromatic heterocycles. The van der Waals surface area contributed by atoms with E-state index in [1.807, 2.05) is 32.0 Å². The largest absolute Gasteiger partial charge is 0.377 e. The van der Waals surface area contributed by atoms with Gasteiger partial charge in [-0.05, 0) is 65.7 Å². The lowest BCUT2D eigenvalue weighted by atomic mass is 10.1. The lowest BCUT2D eigenvalue weighted by Gasteiger charge is -2.18. The molecule has 0 bridgehead atoms. The molecular formula is C15H14Br2FN. The van der Waals surface area contributed by atoms with Crippen LogP contribution in [0.4, 0.5) is 10.1 Å². The van der Waals surface area contributed by atoms with Crippen molar-refractivity contribution in [2.24, 2.45) is 0 Å². The molecule has 100 valence electrons. The molecule has 1 atom stereocenters. The first-order valence-electron chi connectivity index (χ1n) is 5.95. The Hall–Kier alpha value is -0.870. The fourth-order valence-corrected chi connectivity index (χ4v) is 2.88. The standard InChI is InChI=1S/C15H14Br2FN/c1-9-3-6-15(13(17)7-9)19-10(2)12-8-11(16)4-5-14(12)18/h3-8,10,19H,1-2H3. The third-order valence-corrected chi connectivity index (χ3v) is 4.07. The van der Waals surface area contributed by atoms with Crippen molar-refractivity contribution in [3.8, 4) is 0 Å². The Morgan fingerprint density at radius 1 is 1.11 bits per heavy atom. The number of hydrogen-bond donors (Lipinski definition) is 1. The second-order valence-electron chi connectivity index (χ2n) is 4.52. The van der Waals surface area contributed by atoms with Crippen molar-refractivity contribution in [1.82, 2.24) is 0 Å². The second-order valence-corrected chi connectivity index (χ2v) is 6.29. The zero-order valence-electron chi connectivity index (χ0n) is 10.7. The zero-order chi connectivity index (χ0) is 14.0. The lowest BCUT2D eigenvalue weighted by molar-refractivity contribution is 0.600. The van der Waals surface area contributed by atoms with Gasteiger partial charge in [-0.3, -0.25) is 0 Å². The summed E-state index contributed by atoms with van der Waals surface area (Å²) < 4.78 is 15.7. The number of anilines is 1. The van der Waals surface area contributed by atoms with Gasteiger partial charge >= 0.3 is 0 Å². The number of aryl methyl sites for hydroxylation is 1. The molecule has 2 rings (SSSR count). The number of nitrogens with one attached hydrogen (secondary N) is 1. The van der Waals surface area contributed by atoms with Gasteiger partial charge in [0, 0.05) is 20.2 Å². The molecule has 0 spiro atoms. The third-order valence-electron chi connectivity index (χ3n) is 2.92. The minimum absolute atomic E-state index is 0.114. The zero-order valence-corrected chi connectivity index (χ0v) is 13.8. The van der Waals surface area contributed by atoms with E-state index in [-0.39, 0.29) is 11.9 Å². The Labute approximate surface area is 129 Å². The first-order valence-corrected chi connectivity index (χ1v) is 7.53. The summed E-state index contributed by atoms with van der Waals surface area (Å²) in [5.74, 6) is -0.202. The molecule has 19 heavy (non-hydrogen) atoms. The number of rotatable bonds is 3. The lowest BCUT2D eigenvalue weighted by Crippen LogP contribution is -2.09. The average molecular weight is 387 g/mol. The van der Waals surface area contributed by atoms with Crippen molar-refractivity contribution in [1.29, 1.82) is 0 Å². The molecule has 0 fully saturated rings. The molecule has 1 N–H and O–H groups in total. The highest BCUT2D eigenvalue weighted by Crippen LogP contribution is 2.29. The van der Waals surface area contributed by atoms with Crippen molar-refractivity contribution in [2.45, 2.75) is 19.9 Å². The van der Waals surface area contributed by atoms with Gasteiger partial charge in [-0.25, -0.2) is 4.39 Å². The molecule has 0 radical (unpaired) electrons. The highest BCUT2D eigenvalue weighted by molar-refractivity contribution is 9.10. The maximum absolute atomic E-state index is 13.8. The van der Waals surface area contributed by atoms with E-state index in [1.165, 1.54) is 11.6 Å². The average Bonchev–Trinajstić information content (AvgIpc) is 2.35. The van der Waals surface area contributed by atoms with E-state index in [0.717, 1.165) is 14.6 Å². The quantitative estimate of drug-likeness (QED) is 0.699. The van der Waals surface area contributed by atoms with Crippen LogP contribution in [0.3, 0.4) is 0 Å². The van der Waals surface area contributed by atoms with Crippen LogP contribution >= 0.6 is 31.9 Å². The molecule has 4 heteroatoms. The molecule has 0 aliphatic heterocycles. The van der Waals surface area contributed by atoms with Crippen LogP contribution in [0.1, 0.15) is 24.1 Å². The predicted molar refractivity (Wildman–Crippen MR) is 85.0 cm³/mol. The molecule has 0 aliphatic carbocycles. The summed E-state index contributed by atoms with van der Waals surface area (Å²) in [5, 5.41) is 3.31. The number of hydrogen-bond acceptors (Lipinski definition) is 1. The van der Waals surface area contributed by atoms with E-state index in [1.54, 1.807) is 12.1 Å². The number of benzene rings is 2. The van der Waals surface area contributed by atoms with Crippen molar-refractivity contribution < 1.29 is 4.39 Å². The Bertz CT molecular complexity index is 599. The van der Waals surface area contributed by atoms with Crippen LogP contribution in [0.15, 0.2) is 45.3 Å². The highest BCUT2D eigenvalue weighted by Gasteiger charge is 2.12. The Kier molecular flexibility index (Phi) is 4.63. The molecule has 0 heterocycles. The van der Waals surface area contributed by atoms with Crippen LogP contribution in [0, 0.1) is 12.7 Å². The minimum Gasteiger partial charge on any atom is -0.377 e. The van der Waals surface area contributed by atoms with Crippen LogP contribution in [-0.2, 0) is 0 Å². The molecule has 1 unspecified atom stereocenters. The molecule has 0 aliphatic rings. The topological polar surface area (TPSA) is 12.0 Å². The molecule has 2 aromatic rings. The smallest absolute Gasteiger partial charge is 0.128 e. The third kappa shape index (κ3) is 3.57. The van der Waals surface area contributed by atoms with E-state index < -0.39 is 0 Å². The molecular weight excluding hydrogens is 373 g/mol. The summed E-state index contributed by atoms with van der Waals surface area (Å²) in [5.41, 5.74) is 2.78. The summed E-state index contributed by atoms with van der Waals surface area (Å²) in [6.07, 6.45) is 0. The van der Waals surface area contributed by atoms with Gasteiger partial charge in [0.05, 0.1) is 6.04 Å². The summed E-state index contributed by atoms with van der Waals surface area (Å²) in [6, 6.07) is 10.9. The van der Waals surface area contributed by atoms with Crippen LogP contribution < -0.4 is 5.32 Å². The fraction of sp³-hybridized carbons (Fsp3) is 0.200. The fourth-order valence-electron chi connectivity index (χ4n) is 1.89. The molecule has 0 amide bonds. The molecule has 0 saturated carbocycles. The van der Waals surface area contributed by atoms with E-state index in [2.05, 4.69) is 37.2 Å². The van der Waals surface area contributed by atoms with Gasteiger partial charge < -0.3 is 5.32 Å². The van der Waals surface area contributed by atoms with E-state index in [4.69, 9.17) is 0 Å². The van der Waals surface area contributed by atoms with Gasteiger partial charge in [-0.2, -0.15) is 0 Å². The minimum atomic E-state index is -0.202. The van der Waals surface area contributed by atoms with Gasteiger partial charge in [0.1, 0.15) is 5.82 Å². The predicted octanol–water partition coefficient (Wildman–Crippen LogP) is 5.83. The molecule has 0 saturated heterocycles. The van der Waals surface area contributed by atoms with Gasteiger partial charge in [0.15, 0.2) is 0 Å². The normalized spacial score (nSPS) is 12.3. The van der Waals surface area contributed by atoms with Gasteiger partial charge in [0.2, 0.25) is 0 Å². The first kappa shape index (κ1) is 14.5. The Balaban J connectivity index is 2.25. The van der Waals surface area contributed by atoms with Crippen molar-refractivity contribution in [3.05, 3.63) is 62.3 Å². The van der Waals surface area contributed by atoms with E-state index in [0.29, 0.717) is 5.56 Å². The van der Waals surface area contributed by atoms with Crippen molar-refractivity contribution >= 4 is 37.5 Å². The summed E-state index contributed by atoms with van der Waals surface area (Å²) in [6.45, 7) is 3.98. The van der Waals surface area contributed by atoms with Crippen LogP contribution in [0.5, 0.6) is 0 Å². The summed E-state index contributed by atoms with van der Waals surface area (Å²) >= 11 is 6.89. The van der Waals surface area contributed by atoms with E-state index >= 15 is 0 Å². The van der Waals surface area contributed by atoms with Gasteiger partial charge in [-0.1, -0.05) is 22.0 Å². The summed E-state index contributed by atoms with van der Waals surface area (Å²) in [7, 11) is 0. The molecule has 2 aromatic carbocycles. The monoisotopic (exact) mass is 385 g/mol. The van der Waals surface area contributed by atoms with Crippen LogP contribution in [0.25, 0.3) is 0 Å². The Morgan fingerprint density at radius 2 is 1.84 bits per heavy atom. The molecule has 1 nitrogen and oxygen atoms in total. The van der Waals surface area contributed by atoms with Crippen molar-refractivity contribution in [3.63, 3.8) is 0 Å². The van der Waals surface area contributed by atoms with Gasteiger partial charge in [0.25, 0.3) is 0 Å². The summed E-state index contributed by atoms with van der Waals surface area (Å²) in [4.78, 5) is 0. The maximum Gasteiger partial charge on any atom is 0.128 e. The van der Waals surface area contributed by atoms with Crippen LogP contribution in [-0.4, -0.2) is 0 Å². The second kappa shape index (κ2) is 6.06. The van der Waals surface area contributed by atoms with Crippen molar-refractivity contribution in [2.75, 3.05) is 5.32 Å². The highest BCUT2D eigenvalue weighted by atomic mass is 79.9.